The van der Waals surface area contributed by atoms with Crippen LogP contribution in [0.4, 0.5) is 0 Å². The first-order valence-corrected chi connectivity index (χ1v) is 7.36. The van der Waals surface area contributed by atoms with Crippen LogP contribution in [0.5, 0.6) is 0 Å². The van der Waals surface area contributed by atoms with Gasteiger partial charge in [0.2, 0.25) is 0 Å². The van der Waals surface area contributed by atoms with Crippen LogP contribution in [-0.2, 0) is 19.5 Å². The lowest BCUT2D eigenvalue weighted by Gasteiger charge is -2.06. The summed E-state index contributed by atoms with van der Waals surface area (Å²) in [7, 11) is 0. The molecule has 0 atom stereocenters. The van der Waals surface area contributed by atoms with Gasteiger partial charge in [0.1, 0.15) is 11.5 Å². The van der Waals surface area contributed by atoms with Gasteiger partial charge in [-0.3, -0.25) is 4.79 Å². The van der Waals surface area contributed by atoms with Gasteiger partial charge in [-0.15, -0.1) is 10.2 Å². The molecule has 6 nitrogen and oxygen atoms in total. The Labute approximate surface area is 127 Å². The number of fused-ring (bicyclic) bond motifs is 2. The Bertz CT molecular complexity index is 855. The van der Waals surface area contributed by atoms with E-state index in [0.717, 1.165) is 41.9 Å². The number of aromatic nitrogens is 4. The minimum absolute atomic E-state index is 0.193. The van der Waals surface area contributed by atoms with Crippen molar-refractivity contribution in [2.75, 3.05) is 0 Å². The van der Waals surface area contributed by atoms with Crippen LogP contribution in [0.3, 0.4) is 0 Å². The van der Waals surface area contributed by atoms with Crippen molar-refractivity contribution < 1.29 is 4.79 Å². The van der Waals surface area contributed by atoms with Gasteiger partial charge in [0.05, 0.1) is 12.1 Å². The molecule has 3 aromatic rings. The molecule has 1 amide bonds. The third-order valence-electron chi connectivity index (χ3n) is 3.92. The molecular weight excluding hydrogens is 278 g/mol. The van der Waals surface area contributed by atoms with E-state index in [-0.39, 0.29) is 5.91 Å². The summed E-state index contributed by atoms with van der Waals surface area (Å²) in [5.74, 6) is 1.62. The van der Waals surface area contributed by atoms with Crippen LogP contribution in [0.15, 0.2) is 36.4 Å². The summed E-state index contributed by atoms with van der Waals surface area (Å²) in [6.45, 7) is 1.31. The molecule has 22 heavy (non-hydrogen) atoms. The number of pyridine rings is 1. The number of para-hydroxylation sites is 1. The summed E-state index contributed by atoms with van der Waals surface area (Å²) in [4.78, 5) is 16.6. The lowest BCUT2D eigenvalue weighted by atomic mass is 10.2. The number of hydrogen-bond acceptors (Lipinski definition) is 4. The SMILES string of the molecule is O=C(NCc1nnc2n1CCC2)c1ccc2ccccc2n1. The molecular formula is C16H15N5O. The van der Waals surface area contributed by atoms with E-state index in [0.29, 0.717) is 12.2 Å². The molecule has 0 fully saturated rings. The number of amides is 1. The molecule has 110 valence electrons. The van der Waals surface area contributed by atoms with Crippen molar-refractivity contribution in [2.24, 2.45) is 0 Å². The second-order valence-corrected chi connectivity index (χ2v) is 5.36. The highest BCUT2D eigenvalue weighted by atomic mass is 16.1. The van der Waals surface area contributed by atoms with Gasteiger partial charge in [-0.05, 0) is 18.6 Å². The van der Waals surface area contributed by atoms with Crippen LogP contribution in [-0.4, -0.2) is 25.7 Å². The van der Waals surface area contributed by atoms with E-state index in [1.54, 1.807) is 6.07 Å². The number of carbonyl (C=O) groups is 1. The summed E-state index contributed by atoms with van der Waals surface area (Å²) in [5, 5.41) is 12.2. The third kappa shape index (κ3) is 2.22. The zero-order valence-corrected chi connectivity index (χ0v) is 12.0. The molecule has 1 aliphatic rings. The monoisotopic (exact) mass is 293 g/mol. The number of aryl methyl sites for hydroxylation is 1. The van der Waals surface area contributed by atoms with Crippen molar-refractivity contribution in [3.8, 4) is 0 Å². The number of rotatable bonds is 3. The van der Waals surface area contributed by atoms with Crippen LogP contribution < -0.4 is 5.32 Å². The quantitative estimate of drug-likeness (QED) is 0.798. The van der Waals surface area contributed by atoms with Gasteiger partial charge in [0.25, 0.3) is 5.91 Å². The molecule has 0 aliphatic carbocycles. The first kappa shape index (κ1) is 12.9. The van der Waals surface area contributed by atoms with E-state index in [1.807, 2.05) is 30.3 Å². The van der Waals surface area contributed by atoms with Gasteiger partial charge in [0, 0.05) is 18.4 Å². The zero-order valence-electron chi connectivity index (χ0n) is 12.0. The molecule has 2 aromatic heterocycles. The van der Waals surface area contributed by atoms with E-state index >= 15 is 0 Å². The first-order valence-electron chi connectivity index (χ1n) is 7.36. The molecule has 0 spiro atoms. The zero-order chi connectivity index (χ0) is 14.9. The maximum atomic E-state index is 12.3. The molecule has 4 rings (SSSR count). The average Bonchev–Trinajstić information content (AvgIpc) is 3.16. The lowest BCUT2D eigenvalue weighted by molar-refractivity contribution is 0.0945. The number of nitrogens with zero attached hydrogens (tertiary/aromatic N) is 4. The summed E-state index contributed by atoms with van der Waals surface area (Å²) < 4.78 is 2.08. The Morgan fingerprint density at radius 2 is 2.09 bits per heavy atom. The van der Waals surface area contributed by atoms with Crippen LogP contribution in [0, 0.1) is 0 Å². The van der Waals surface area contributed by atoms with E-state index in [2.05, 4.69) is 25.1 Å². The van der Waals surface area contributed by atoms with Gasteiger partial charge in [-0.1, -0.05) is 24.3 Å². The number of hydrogen-bond donors (Lipinski definition) is 1. The fourth-order valence-corrected chi connectivity index (χ4v) is 2.78. The fraction of sp³-hybridized carbons (Fsp3) is 0.250. The molecule has 6 heteroatoms. The average molecular weight is 293 g/mol. The van der Waals surface area contributed by atoms with Crippen LogP contribution >= 0.6 is 0 Å². The van der Waals surface area contributed by atoms with E-state index in [9.17, 15) is 4.79 Å². The summed E-state index contributed by atoms with van der Waals surface area (Å²) in [5.41, 5.74) is 1.23. The van der Waals surface area contributed by atoms with Gasteiger partial charge >= 0.3 is 0 Å². The van der Waals surface area contributed by atoms with Gasteiger partial charge in [-0.2, -0.15) is 0 Å². The van der Waals surface area contributed by atoms with Crippen LogP contribution in [0.25, 0.3) is 10.9 Å². The van der Waals surface area contributed by atoms with Gasteiger partial charge in [-0.25, -0.2) is 4.98 Å². The Kier molecular flexibility index (Phi) is 3.07. The predicted octanol–water partition coefficient (Wildman–Crippen LogP) is 1.70. The highest BCUT2D eigenvalue weighted by molar-refractivity contribution is 5.94. The Hall–Kier alpha value is -2.76. The van der Waals surface area contributed by atoms with Crippen molar-refractivity contribution in [2.45, 2.75) is 25.9 Å². The largest absolute Gasteiger partial charge is 0.343 e. The Morgan fingerprint density at radius 1 is 1.18 bits per heavy atom. The molecule has 0 bridgehead atoms. The number of benzene rings is 1. The van der Waals surface area contributed by atoms with Gasteiger partial charge in [0.15, 0.2) is 5.82 Å². The molecule has 1 N–H and O–H groups in total. The third-order valence-corrected chi connectivity index (χ3v) is 3.92. The molecule has 0 saturated carbocycles. The van der Waals surface area contributed by atoms with Crippen molar-refractivity contribution in [3.63, 3.8) is 0 Å². The highest BCUT2D eigenvalue weighted by Crippen LogP contribution is 2.14. The topological polar surface area (TPSA) is 72.7 Å². The first-order chi connectivity index (χ1) is 10.8. The molecule has 3 heterocycles. The normalized spacial score (nSPS) is 13.3. The van der Waals surface area contributed by atoms with Gasteiger partial charge < -0.3 is 9.88 Å². The second kappa shape index (κ2) is 5.22. The number of nitrogens with one attached hydrogen (secondary N) is 1. The van der Waals surface area contributed by atoms with Crippen LogP contribution in [0.2, 0.25) is 0 Å². The highest BCUT2D eigenvalue weighted by Gasteiger charge is 2.18. The van der Waals surface area contributed by atoms with E-state index in [1.165, 1.54) is 0 Å². The molecule has 1 aromatic carbocycles. The van der Waals surface area contributed by atoms with Crippen molar-refractivity contribution >= 4 is 16.8 Å². The molecule has 0 saturated heterocycles. The van der Waals surface area contributed by atoms with Crippen molar-refractivity contribution in [3.05, 3.63) is 53.7 Å². The number of carbonyl (C=O) groups excluding carboxylic acids is 1. The summed E-state index contributed by atoms with van der Waals surface area (Å²) in [6.07, 6.45) is 2.06. The van der Waals surface area contributed by atoms with E-state index in [4.69, 9.17) is 0 Å². The fourth-order valence-electron chi connectivity index (χ4n) is 2.78. The summed E-state index contributed by atoms with van der Waals surface area (Å²) >= 11 is 0. The maximum absolute atomic E-state index is 12.3. The van der Waals surface area contributed by atoms with Crippen molar-refractivity contribution in [1.29, 1.82) is 0 Å². The van der Waals surface area contributed by atoms with E-state index < -0.39 is 0 Å². The molecule has 0 unspecified atom stereocenters. The Morgan fingerprint density at radius 3 is 3.05 bits per heavy atom. The standard InChI is InChI=1S/C16H15N5O/c22-16(13-8-7-11-4-1-2-5-12(11)18-13)17-10-15-20-19-14-6-3-9-21(14)15/h1-2,4-5,7-8H,3,6,9-10H2,(H,17,22). The minimum atomic E-state index is -0.193. The lowest BCUT2D eigenvalue weighted by Crippen LogP contribution is -2.25. The van der Waals surface area contributed by atoms with Crippen molar-refractivity contribution in [1.82, 2.24) is 25.1 Å². The van der Waals surface area contributed by atoms with Crippen LogP contribution in [0.1, 0.15) is 28.6 Å². The molecule has 0 radical (unpaired) electrons. The predicted molar refractivity (Wildman–Crippen MR) is 81.3 cm³/mol. The minimum Gasteiger partial charge on any atom is -0.343 e. The maximum Gasteiger partial charge on any atom is 0.270 e. The second-order valence-electron chi connectivity index (χ2n) is 5.36. The Balaban J connectivity index is 1.51. The smallest absolute Gasteiger partial charge is 0.270 e. The summed E-state index contributed by atoms with van der Waals surface area (Å²) in [6, 6.07) is 11.4. The molecule has 1 aliphatic heterocycles.